The SMILES string of the molecule is COCCN(CC(N)=O)CC(=O)c1cc(C)n(-c2ccc(S(N)(=O)=O)cc2)c1C. The van der Waals surface area contributed by atoms with Gasteiger partial charge in [0, 0.05) is 36.3 Å². The zero-order valence-electron chi connectivity index (χ0n) is 16.7. The maximum atomic E-state index is 12.9. The van der Waals surface area contributed by atoms with Crippen LogP contribution in [0, 0.1) is 13.8 Å². The van der Waals surface area contributed by atoms with Crippen molar-refractivity contribution in [3.8, 4) is 5.69 Å². The highest BCUT2D eigenvalue weighted by Gasteiger charge is 2.20. The number of carbonyl (C=O) groups is 2. The fraction of sp³-hybridized carbons (Fsp3) is 0.368. The highest BCUT2D eigenvalue weighted by atomic mass is 32.2. The number of carbonyl (C=O) groups excluding carboxylic acids is 2. The Balaban J connectivity index is 2.30. The molecule has 1 amide bonds. The van der Waals surface area contributed by atoms with Crippen LogP contribution in [-0.2, 0) is 19.6 Å². The molecule has 9 nitrogen and oxygen atoms in total. The van der Waals surface area contributed by atoms with Crippen molar-refractivity contribution in [1.82, 2.24) is 9.47 Å². The van der Waals surface area contributed by atoms with Gasteiger partial charge in [-0.2, -0.15) is 0 Å². The number of methoxy groups -OCH3 is 1. The van der Waals surface area contributed by atoms with Gasteiger partial charge in [-0.3, -0.25) is 14.5 Å². The quantitative estimate of drug-likeness (QED) is 0.530. The number of nitrogens with two attached hydrogens (primary N) is 2. The number of aryl methyl sites for hydroxylation is 1. The zero-order chi connectivity index (χ0) is 21.8. The predicted octanol–water partition coefficient (Wildman–Crippen LogP) is 0.358. The number of primary amides is 1. The molecule has 158 valence electrons. The summed E-state index contributed by atoms with van der Waals surface area (Å²) in [5.74, 6) is -0.669. The first-order valence-electron chi connectivity index (χ1n) is 8.89. The molecule has 0 atom stereocenters. The van der Waals surface area contributed by atoms with Gasteiger partial charge in [-0.15, -0.1) is 0 Å². The maximum Gasteiger partial charge on any atom is 0.238 e. The average molecular weight is 423 g/mol. The lowest BCUT2D eigenvalue weighted by Gasteiger charge is -2.19. The summed E-state index contributed by atoms with van der Waals surface area (Å²) in [6.45, 7) is 4.42. The van der Waals surface area contributed by atoms with Crippen molar-refractivity contribution in [2.75, 3.05) is 33.4 Å². The number of hydrogen-bond acceptors (Lipinski definition) is 6. The minimum Gasteiger partial charge on any atom is -0.383 e. The molecule has 1 heterocycles. The number of ether oxygens (including phenoxy) is 1. The van der Waals surface area contributed by atoms with Gasteiger partial charge in [-0.1, -0.05) is 0 Å². The van der Waals surface area contributed by atoms with E-state index in [1.165, 1.54) is 12.1 Å². The van der Waals surface area contributed by atoms with Gasteiger partial charge in [-0.05, 0) is 44.2 Å². The van der Waals surface area contributed by atoms with Crippen LogP contribution in [-0.4, -0.2) is 62.9 Å². The molecule has 0 fully saturated rings. The van der Waals surface area contributed by atoms with E-state index in [9.17, 15) is 18.0 Å². The molecule has 10 heteroatoms. The summed E-state index contributed by atoms with van der Waals surface area (Å²) >= 11 is 0. The molecule has 2 aromatic rings. The van der Waals surface area contributed by atoms with Gasteiger partial charge in [-0.25, -0.2) is 13.6 Å². The molecule has 0 radical (unpaired) electrons. The number of nitrogens with zero attached hydrogens (tertiary/aromatic N) is 2. The molecular weight excluding hydrogens is 396 g/mol. The van der Waals surface area contributed by atoms with Gasteiger partial charge < -0.3 is 15.0 Å². The first-order chi connectivity index (χ1) is 13.5. The molecule has 1 aromatic heterocycles. The van der Waals surface area contributed by atoms with E-state index in [0.29, 0.717) is 30.1 Å². The summed E-state index contributed by atoms with van der Waals surface area (Å²) in [6.07, 6.45) is 0. The maximum absolute atomic E-state index is 12.9. The monoisotopic (exact) mass is 422 g/mol. The lowest BCUT2D eigenvalue weighted by Crippen LogP contribution is -2.39. The van der Waals surface area contributed by atoms with E-state index in [1.54, 1.807) is 37.1 Å². The standard InChI is InChI=1S/C19H26N4O5S/c1-13-10-17(18(24)11-22(8-9-28-3)12-19(20)25)14(2)23(13)15-4-6-16(7-5-15)29(21,26)27/h4-7,10H,8-9,11-12H2,1-3H3,(H2,20,25)(H2,21,26,27). The molecule has 29 heavy (non-hydrogen) atoms. The minimum absolute atomic E-state index is 0.0141. The summed E-state index contributed by atoms with van der Waals surface area (Å²) in [7, 11) is -2.24. The van der Waals surface area contributed by atoms with E-state index in [4.69, 9.17) is 15.6 Å². The van der Waals surface area contributed by atoms with Crippen LogP contribution in [0.2, 0.25) is 0 Å². The van der Waals surface area contributed by atoms with Crippen LogP contribution in [0.4, 0.5) is 0 Å². The van der Waals surface area contributed by atoms with E-state index < -0.39 is 15.9 Å². The van der Waals surface area contributed by atoms with Crippen molar-refractivity contribution in [2.45, 2.75) is 18.7 Å². The fourth-order valence-electron chi connectivity index (χ4n) is 3.17. The van der Waals surface area contributed by atoms with Gasteiger partial charge in [0.15, 0.2) is 5.78 Å². The second-order valence-corrected chi connectivity index (χ2v) is 8.31. The molecule has 0 saturated carbocycles. The Morgan fingerprint density at radius 1 is 1.14 bits per heavy atom. The lowest BCUT2D eigenvalue weighted by molar-refractivity contribution is -0.119. The smallest absolute Gasteiger partial charge is 0.238 e. The molecule has 0 aliphatic heterocycles. The predicted molar refractivity (Wildman–Crippen MR) is 108 cm³/mol. The number of rotatable bonds is 10. The second-order valence-electron chi connectivity index (χ2n) is 6.75. The van der Waals surface area contributed by atoms with Crippen LogP contribution in [0.1, 0.15) is 21.7 Å². The lowest BCUT2D eigenvalue weighted by atomic mass is 10.1. The third kappa shape index (κ3) is 5.73. The first kappa shape index (κ1) is 22.8. The Labute approximate surface area is 170 Å². The number of Topliss-reactive ketones (excluding diaryl/α,β-unsaturated/α-hetero) is 1. The number of benzene rings is 1. The van der Waals surface area contributed by atoms with Crippen molar-refractivity contribution >= 4 is 21.7 Å². The van der Waals surface area contributed by atoms with E-state index in [1.807, 2.05) is 11.5 Å². The highest BCUT2D eigenvalue weighted by Crippen LogP contribution is 2.22. The number of sulfonamides is 1. The summed E-state index contributed by atoms with van der Waals surface area (Å²) in [6, 6.07) is 7.87. The summed E-state index contributed by atoms with van der Waals surface area (Å²) in [5.41, 5.74) is 8.02. The number of primary sulfonamides is 1. The second kappa shape index (κ2) is 9.31. The van der Waals surface area contributed by atoms with Gasteiger partial charge in [0.25, 0.3) is 0 Å². The van der Waals surface area contributed by atoms with Crippen molar-refractivity contribution < 1.29 is 22.7 Å². The van der Waals surface area contributed by atoms with Crippen LogP contribution in [0.3, 0.4) is 0 Å². The van der Waals surface area contributed by atoms with Crippen LogP contribution in [0.5, 0.6) is 0 Å². The molecular formula is C19H26N4O5S. The first-order valence-corrected chi connectivity index (χ1v) is 10.4. The minimum atomic E-state index is -3.78. The number of amides is 1. The van der Waals surface area contributed by atoms with Crippen molar-refractivity contribution in [3.63, 3.8) is 0 Å². The Kier molecular flexibility index (Phi) is 7.31. The van der Waals surface area contributed by atoms with E-state index in [0.717, 1.165) is 5.69 Å². The summed E-state index contributed by atoms with van der Waals surface area (Å²) < 4.78 is 29.8. The van der Waals surface area contributed by atoms with E-state index in [-0.39, 0.29) is 23.8 Å². The Hall–Kier alpha value is -2.53. The third-order valence-corrected chi connectivity index (χ3v) is 5.44. The topological polar surface area (TPSA) is 138 Å². The number of hydrogen-bond donors (Lipinski definition) is 2. The van der Waals surface area contributed by atoms with Crippen molar-refractivity contribution in [1.29, 1.82) is 0 Å². The zero-order valence-corrected chi connectivity index (χ0v) is 17.5. The van der Waals surface area contributed by atoms with Gasteiger partial charge in [0.2, 0.25) is 15.9 Å². The molecule has 0 spiro atoms. The Morgan fingerprint density at radius 3 is 2.28 bits per heavy atom. The molecule has 0 saturated heterocycles. The highest BCUT2D eigenvalue weighted by molar-refractivity contribution is 7.89. The van der Waals surface area contributed by atoms with Crippen LogP contribution in [0.25, 0.3) is 5.69 Å². The Morgan fingerprint density at radius 2 is 1.76 bits per heavy atom. The van der Waals surface area contributed by atoms with Crippen LogP contribution < -0.4 is 10.9 Å². The summed E-state index contributed by atoms with van der Waals surface area (Å²) in [4.78, 5) is 25.8. The summed E-state index contributed by atoms with van der Waals surface area (Å²) in [5, 5.41) is 5.14. The molecule has 0 unspecified atom stereocenters. The van der Waals surface area contributed by atoms with Gasteiger partial charge in [0.1, 0.15) is 0 Å². The fourth-order valence-corrected chi connectivity index (χ4v) is 3.69. The number of ketones is 1. The third-order valence-electron chi connectivity index (χ3n) is 4.51. The molecule has 4 N–H and O–H groups in total. The number of aromatic nitrogens is 1. The molecule has 0 aliphatic rings. The molecule has 0 bridgehead atoms. The van der Waals surface area contributed by atoms with E-state index >= 15 is 0 Å². The van der Waals surface area contributed by atoms with E-state index in [2.05, 4.69) is 0 Å². The van der Waals surface area contributed by atoms with Crippen molar-refractivity contribution in [2.24, 2.45) is 10.9 Å². The molecule has 2 rings (SSSR count). The van der Waals surface area contributed by atoms with Crippen LogP contribution >= 0.6 is 0 Å². The molecule has 1 aromatic carbocycles. The average Bonchev–Trinajstić information content (AvgIpc) is 2.93. The largest absolute Gasteiger partial charge is 0.383 e. The van der Waals surface area contributed by atoms with Crippen LogP contribution in [0.15, 0.2) is 35.2 Å². The van der Waals surface area contributed by atoms with Gasteiger partial charge >= 0.3 is 0 Å². The van der Waals surface area contributed by atoms with Gasteiger partial charge in [0.05, 0.1) is 24.6 Å². The van der Waals surface area contributed by atoms with Crippen molar-refractivity contribution in [3.05, 3.63) is 47.3 Å². The Bertz CT molecular complexity index is 996. The normalized spacial score (nSPS) is 11.8. The molecule has 0 aliphatic carbocycles.